The molecule has 0 aliphatic heterocycles. The maximum Gasteiger partial charge on any atom is 0.371 e. The van der Waals surface area contributed by atoms with Gasteiger partial charge in [-0.2, -0.15) is 0 Å². The summed E-state index contributed by atoms with van der Waals surface area (Å²) in [4.78, 5) is 23.5. The van der Waals surface area contributed by atoms with E-state index in [0.717, 1.165) is 5.56 Å². The van der Waals surface area contributed by atoms with Crippen LogP contribution in [0.4, 0.5) is 5.69 Å². The topological polar surface area (TPSA) is 101 Å². The summed E-state index contributed by atoms with van der Waals surface area (Å²) in [6.45, 7) is 6.33. The van der Waals surface area contributed by atoms with E-state index in [-0.39, 0.29) is 22.2 Å². The zero-order chi connectivity index (χ0) is 23.5. The van der Waals surface area contributed by atoms with Gasteiger partial charge in [-0.3, -0.25) is 10.1 Å². The summed E-state index contributed by atoms with van der Waals surface area (Å²) in [6.07, 6.45) is 0. The minimum Gasteiger partial charge on any atom is -0.496 e. The van der Waals surface area contributed by atoms with Gasteiger partial charge in [0.05, 0.1) is 12.7 Å². The summed E-state index contributed by atoms with van der Waals surface area (Å²) in [7, 11) is 1.49. The van der Waals surface area contributed by atoms with Gasteiger partial charge in [0, 0.05) is 17.3 Å². The highest BCUT2D eigenvalue weighted by Gasteiger charge is 2.16. The number of carbonyl (C=O) groups is 2. The first-order valence-electron chi connectivity index (χ1n) is 9.83. The molecule has 3 rings (SSSR count). The first-order valence-corrected chi connectivity index (χ1v) is 10.2. The number of furan rings is 1. The molecule has 0 radical (unpaired) electrons. The van der Waals surface area contributed by atoms with E-state index in [2.05, 4.69) is 31.4 Å². The van der Waals surface area contributed by atoms with Crippen molar-refractivity contribution in [1.82, 2.24) is 5.32 Å². The number of benzene rings is 2. The first kappa shape index (κ1) is 23.0. The molecule has 0 bridgehead atoms. The second-order valence-corrected chi connectivity index (χ2v) is 8.53. The molecule has 0 saturated heterocycles. The maximum atomic E-state index is 12.5. The highest BCUT2D eigenvalue weighted by molar-refractivity contribution is 7.80. The van der Waals surface area contributed by atoms with E-state index in [1.54, 1.807) is 36.4 Å². The Balaban J connectivity index is 1.69. The SMILES string of the molecule is COc1cc(NC(=S)NC(=O)c2ccc(C(C)(C)C)cc2)ccc1-c1ccc(C(=O)O)o1. The fourth-order valence-electron chi connectivity index (χ4n) is 3.03. The fraction of sp³-hybridized carbons (Fsp3) is 0.208. The van der Waals surface area contributed by atoms with E-state index in [0.29, 0.717) is 28.3 Å². The van der Waals surface area contributed by atoms with Crippen LogP contribution < -0.4 is 15.4 Å². The molecule has 1 aromatic heterocycles. The van der Waals surface area contributed by atoms with Crippen molar-refractivity contribution in [2.24, 2.45) is 0 Å². The van der Waals surface area contributed by atoms with Crippen molar-refractivity contribution in [3.63, 3.8) is 0 Å². The van der Waals surface area contributed by atoms with E-state index in [1.165, 1.54) is 13.2 Å². The molecule has 0 atom stereocenters. The van der Waals surface area contributed by atoms with Gasteiger partial charge in [0.1, 0.15) is 11.5 Å². The average molecular weight is 453 g/mol. The number of amides is 1. The first-order chi connectivity index (χ1) is 15.1. The van der Waals surface area contributed by atoms with Crippen molar-refractivity contribution in [3.05, 3.63) is 71.5 Å². The van der Waals surface area contributed by atoms with Crippen LogP contribution >= 0.6 is 12.2 Å². The van der Waals surface area contributed by atoms with Crippen molar-refractivity contribution in [2.75, 3.05) is 12.4 Å². The molecular formula is C24H24N2O5S. The maximum absolute atomic E-state index is 12.5. The Kier molecular flexibility index (Phi) is 6.64. The molecule has 8 heteroatoms. The smallest absolute Gasteiger partial charge is 0.371 e. The van der Waals surface area contributed by atoms with Crippen LogP contribution in [0.1, 0.15) is 47.2 Å². The average Bonchev–Trinajstić information content (AvgIpc) is 3.23. The number of thiocarbonyl (C=S) groups is 1. The Morgan fingerprint density at radius 1 is 1.03 bits per heavy atom. The lowest BCUT2D eigenvalue weighted by Gasteiger charge is -2.19. The normalized spacial score (nSPS) is 11.0. The third kappa shape index (κ3) is 5.33. The highest BCUT2D eigenvalue weighted by atomic mass is 32.1. The van der Waals surface area contributed by atoms with Crippen molar-refractivity contribution >= 4 is 34.9 Å². The van der Waals surface area contributed by atoms with Gasteiger partial charge in [-0.1, -0.05) is 32.9 Å². The lowest BCUT2D eigenvalue weighted by molar-refractivity contribution is 0.0663. The Labute approximate surface area is 191 Å². The largest absolute Gasteiger partial charge is 0.496 e. The predicted octanol–water partition coefficient (Wildman–Crippen LogP) is 5.08. The van der Waals surface area contributed by atoms with E-state index in [1.807, 2.05) is 12.1 Å². The zero-order valence-corrected chi connectivity index (χ0v) is 19.0. The molecular weight excluding hydrogens is 428 g/mol. The molecule has 32 heavy (non-hydrogen) atoms. The Hall–Kier alpha value is -3.65. The molecule has 3 N–H and O–H groups in total. The number of carboxylic acids is 1. The Bertz CT molecular complexity index is 1160. The van der Waals surface area contributed by atoms with Crippen molar-refractivity contribution in [1.29, 1.82) is 0 Å². The van der Waals surface area contributed by atoms with Crippen LogP contribution in [0.5, 0.6) is 5.75 Å². The number of anilines is 1. The van der Waals surface area contributed by atoms with Gasteiger partial charge < -0.3 is 19.6 Å². The number of hydrogen-bond donors (Lipinski definition) is 3. The van der Waals surface area contributed by atoms with Gasteiger partial charge in [-0.05, 0) is 59.6 Å². The zero-order valence-electron chi connectivity index (χ0n) is 18.2. The summed E-state index contributed by atoms with van der Waals surface area (Å²) in [5.41, 5.74) is 2.81. The van der Waals surface area contributed by atoms with Crippen molar-refractivity contribution < 1.29 is 23.8 Å². The Morgan fingerprint density at radius 3 is 2.28 bits per heavy atom. The van der Waals surface area contributed by atoms with Crippen LogP contribution in [0.15, 0.2) is 59.0 Å². The van der Waals surface area contributed by atoms with Crippen LogP contribution in [0.2, 0.25) is 0 Å². The minimum absolute atomic E-state index is 0.00190. The lowest BCUT2D eigenvalue weighted by atomic mass is 9.87. The molecule has 1 heterocycles. The molecule has 0 saturated carbocycles. The molecule has 7 nitrogen and oxygen atoms in total. The molecule has 0 spiro atoms. The highest BCUT2D eigenvalue weighted by Crippen LogP contribution is 2.33. The standard InChI is InChI=1S/C24H24N2O5S/c1-24(2,3)15-7-5-14(6-8-15)21(27)26-23(32)25-16-9-10-17(20(13-16)30-4)18-11-12-19(31-18)22(28)29/h5-13H,1-4H3,(H,28,29)(H2,25,26,27,32). The molecule has 1 amide bonds. The fourth-order valence-corrected chi connectivity index (χ4v) is 3.24. The minimum atomic E-state index is -1.15. The van der Waals surface area contributed by atoms with E-state index in [9.17, 15) is 9.59 Å². The van der Waals surface area contributed by atoms with Gasteiger partial charge in [0.25, 0.3) is 5.91 Å². The molecule has 0 aliphatic rings. The number of carbonyl (C=O) groups excluding carboxylic acids is 1. The van der Waals surface area contributed by atoms with Crippen LogP contribution in [-0.4, -0.2) is 29.2 Å². The van der Waals surface area contributed by atoms with Crippen LogP contribution in [0.25, 0.3) is 11.3 Å². The lowest BCUT2D eigenvalue weighted by Crippen LogP contribution is -2.34. The van der Waals surface area contributed by atoms with Gasteiger partial charge in [0.2, 0.25) is 5.76 Å². The number of carboxylic acid groups (broad SMARTS) is 1. The monoisotopic (exact) mass is 452 g/mol. The molecule has 3 aromatic rings. The molecule has 0 unspecified atom stereocenters. The molecule has 0 aliphatic carbocycles. The van der Waals surface area contributed by atoms with Crippen LogP contribution in [-0.2, 0) is 5.41 Å². The molecule has 166 valence electrons. The number of hydrogen-bond acceptors (Lipinski definition) is 5. The second kappa shape index (κ2) is 9.23. The van der Waals surface area contributed by atoms with Gasteiger partial charge in [0.15, 0.2) is 5.11 Å². The quantitative estimate of drug-likeness (QED) is 0.464. The number of aromatic carboxylic acids is 1. The number of methoxy groups -OCH3 is 1. The third-order valence-corrected chi connectivity index (χ3v) is 4.99. The third-order valence-electron chi connectivity index (χ3n) is 4.78. The van der Waals surface area contributed by atoms with Crippen LogP contribution in [0, 0.1) is 0 Å². The number of ether oxygens (including phenoxy) is 1. The van der Waals surface area contributed by atoms with Gasteiger partial charge in [-0.15, -0.1) is 0 Å². The number of nitrogens with one attached hydrogen (secondary N) is 2. The van der Waals surface area contributed by atoms with Crippen molar-refractivity contribution in [2.45, 2.75) is 26.2 Å². The summed E-state index contributed by atoms with van der Waals surface area (Å²) < 4.78 is 10.7. The second-order valence-electron chi connectivity index (χ2n) is 8.12. The van der Waals surface area contributed by atoms with Crippen LogP contribution in [0.3, 0.4) is 0 Å². The van der Waals surface area contributed by atoms with E-state index in [4.69, 9.17) is 26.5 Å². The van der Waals surface area contributed by atoms with E-state index >= 15 is 0 Å². The van der Waals surface area contributed by atoms with Gasteiger partial charge in [-0.25, -0.2) is 4.79 Å². The number of rotatable bonds is 5. The molecule has 2 aromatic carbocycles. The predicted molar refractivity (Wildman–Crippen MR) is 126 cm³/mol. The summed E-state index contributed by atoms with van der Waals surface area (Å²) in [6, 6.07) is 15.4. The Morgan fingerprint density at radius 2 is 1.72 bits per heavy atom. The van der Waals surface area contributed by atoms with Crippen molar-refractivity contribution in [3.8, 4) is 17.1 Å². The summed E-state index contributed by atoms with van der Waals surface area (Å²) in [5, 5.41) is 14.8. The van der Waals surface area contributed by atoms with Gasteiger partial charge >= 0.3 is 5.97 Å². The van der Waals surface area contributed by atoms with E-state index < -0.39 is 5.97 Å². The summed E-state index contributed by atoms with van der Waals surface area (Å²) >= 11 is 5.27. The molecule has 0 fully saturated rings. The summed E-state index contributed by atoms with van der Waals surface area (Å²) in [5.74, 6) is -0.816.